The van der Waals surface area contributed by atoms with Gasteiger partial charge in [0.15, 0.2) is 11.6 Å². The summed E-state index contributed by atoms with van der Waals surface area (Å²) in [7, 11) is 0. The minimum atomic E-state index is -1.09. The first-order chi connectivity index (χ1) is 9.38. The fourth-order valence-electron chi connectivity index (χ4n) is 1.86. The molecule has 2 aromatic rings. The van der Waals surface area contributed by atoms with E-state index in [1.54, 1.807) is 0 Å². The summed E-state index contributed by atoms with van der Waals surface area (Å²) in [5.74, 6) is -4.17. The second-order valence-electron chi connectivity index (χ2n) is 4.31. The van der Waals surface area contributed by atoms with E-state index in [1.807, 2.05) is 0 Å². The largest absolute Gasteiger partial charge is 0.507 e. The molecule has 0 heterocycles. The van der Waals surface area contributed by atoms with Crippen molar-refractivity contribution in [2.45, 2.75) is 13.0 Å². The van der Waals surface area contributed by atoms with Crippen LogP contribution in [0.25, 0.3) is 0 Å². The van der Waals surface area contributed by atoms with Crippen molar-refractivity contribution in [2.75, 3.05) is 5.32 Å². The van der Waals surface area contributed by atoms with E-state index in [1.165, 1.54) is 13.0 Å². The van der Waals surface area contributed by atoms with E-state index in [4.69, 9.17) is 0 Å². The van der Waals surface area contributed by atoms with Gasteiger partial charge in [0.05, 0.1) is 6.04 Å². The zero-order valence-electron chi connectivity index (χ0n) is 10.4. The minimum Gasteiger partial charge on any atom is -0.507 e. The van der Waals surface area contributed by atoms with Crippen molar-refractivity contribution in [3.63, 3.8) is 0 Å². The second-order valence-corrected chi connectivity index (χ2v) is 4.31. The van der Waals surface area contributed by atoms with Gasteiger partial charge in [-0.3, -0.25) is 0 Å². The first-order valence-corrected chi connectivity index (χ1v) is 5.78. The Kier molecular flexibility index (Phi) is 3.83. The van der Waals surface area contributed by atoms with E-state index >= 15 is 0 Å². The molecule has 2 nitrogen and oxygen atoms in total. The lowest BCUT2D eigenvalue weighted by molar-refractivity contribution is 0.458. The minimum absolute atomic E-state index is 0.259. The van der Waals surface area contributed by atoms with Crippen molar-refractivity contribution < 1.29 is 22.7 Å². The highest BCUT2D eigenvalue weighted by Crippen LogP contribution is 2.30. The zero-order valence-corrected chi connectivity index (χ0v) is 10.4. The van der Waals surface area contributed by atoms with Crippen molar-refractivity contribution in [1.82, 2.24) is 0 Å². The number of nitrogens with one attached hydrogen (secondary N) is 1. The van der Waals surface area contributed by atoms with E-state index in [0.717, 1.165) is 12.1 Å². The number of halogens is 4. The van der Waals surface area contributed by atoms with Gasteiger partial charge in [-0.25, -0.2) is 17.6 Å². The molecule has 0 aliphatic carbocycles. The van der Waals surface area contributed by atoms with Gasteiger partial charge in [-0.1, -0.05) is 6.07 Å². The summed E-state index contributed by atoms with van der Waals surface area (Å²) in [6.07, 6.45) is 0. The number of anilines is 1. The van der Waals surface area contributed by atoms with Crippen LogP contribution < -0.4 is 5.32 Å². The van der Waals surface area contributed by atoms with Crippen LogP contribution >= 0.6 is 0 Å². The summed E-state index contributed by atoms with van der Waals surface area (Å²) in [6, 6.07) is 3.69. The van der Waals surface area contributed by atoms with Crippen LogP contribution in [0.3, 0.4) is 0 Å². The molecule has 0 radical (unpaired) electrons. The lowest BCUT2D eigenvalue weighted by Crippen LogP contribution is -2.10. The van der Waals surface area contributed by atoms with Gasteiger partial charge >= 0.3 is 0 Å². The number of hydrogen-bond acceptors (Lipinski definition) is 2. The predicted octanol–water partition coefficient (Wildman–Crippen LogP) is 4.12. The molecule has 6 heteroatoms. The summed E-state index contributed by atoms with van der Waals surface area (Å²) in [5.41, 5.74) is -0.253. The highest BCUT2D eigenvalue weighted by Gasteiger charge is 2.17. The molecule has 0 saturated carbocycles. The molecule has 20 heavy (non-hydrogen) atoms. The quantitative estimate of drug-likeness (QED) is 0.831. The average Bonchev–Trinajstić information content (AvgIpc) is 2.33. The van der Waals surface area contributed by atoms with Crippen LogP contribution in [0.2, 0.25) is 0 Å². The van der Waals surface area contributed by atoms with Crippen molar-refractivity contribution in [1.29, 1.82) is 0 Å². The summed E-state index contributed by atoms with van der Waals surface area (Å²) < 4.78 is 52.6. The molecule has 1 unspecified atom stereocenters. The van der Waals surface area contributed by atoms with Crippen molar-refractivity contribution in [2.24, 2.45) is 0 Å². The molecule has 2 aromatic carbocycles. The van der Waals surface area contributed by atoms with Crippen LogP contribution in [0, 0.1) is 23.3 Å². The summed E-state index contributed by atoms with van der Waals surface area (Å²) >= 11 is 0. The average molecular weight is 285 g/mol. The van der Waals surface area contributed by atoms with Gasteiger partial charge < -0.3 is 10.4 Å². The molecule has 0 bridgehead atoms. The Hall–Kier alpha value is -2.24. The maximum atomic E-state index is 13.5. The first kappa shape index (κ1) is 14.2. The fourth-order valence-corrected chi connectivity index (χ4v) is 1.86. The maximum Gasteiger partial charge on any atom is 0.152 e. The molecular weight excluding hydrogens is 274 g/mol. The summed E-state index contributed by atoms with van der Waals surface area (Å²) in [6.45, 7) is 1.52. The SMILES string of the molecule is CC(Nc1c(F)cc(F)cc1F)c1ccc(F)cc1O. The Balaban J connectivity index is 2.30. The molecule has 0 aliphatic heterocycles. The topological polar surface area (TPSA) is 32.3 Å². The number of rotatable bonds is 3. The smallest absolute Gasteiger partial charge is 0.152 e. The van der Waals surface area contributed by atoms with E-state index in [0.29, 0.717) is 12.1 Å². The normalized spacial score (nSPS) is 12.2. The molecule has 2 rings (SSSR count). The molecule has 0 aliphatic rings. The highest BCUT2D eigenvalue weighted by molar-refractivity contribution is 5.49. The van der Waals surface area contributed by atoms with Gasteiger partial charge in [0, 0.05) is 23.8 Å². The fraction of sp³-hybridized carbons (Fsp3) is 0.143. The number of hydrogen-bond donors (Lipinski definition) is 2. The molecule has 0 amide bonds. The van der Waals surface area contributed by atoms with E-state index in [2.05, 4.69) is 5.32 Å². The molecule has 106 valence electrons. The maximum absolute atomic E-state index is 13.5. The zero-order chi connectivity index (χ0) is 14.9. The van der Waals surface area contributed by atoms with Crippen molar-refractivity contribution in [3.05, 3.63) is 59.2 Å². The third-order valence-electron chi connectivity index (χ3n) is 2.83. The van der Waals surface area contributed by atoms with Crippen LogP contribution in [0.4, 0.5) is 23.2 Å². The first-order valence-electron chi connectivity index (χ1n) is 5.78. The van der Waals surface area contributed by atoms with Crippen molar-refractivity contribution >= 4 is 5.69 Å². The number of benzene rings is 2. The van der Waals surface area contributed by atoms with E-state index in [9.17, 15) is 22.7 Å². The lowest BCUT2D eigenvalue weighted by atomic mass is 10.1. The number of aromatic hydroxyl groups is 1. The monoisotopic (exact) mass is 285 g/mol. The van der Waals surface area contributed by atoms with E-state index in [-0.39, 0.29) is 11.3 Å². The lowest BCUT2D eigenvalue weighted by Gasteiger charge is -2.18. The van der Waals surface area contributed by atoms with Gasteiger partial charge in [0.2, 0.25) is 0 Å². The van der Waals surface area contributed by atoms with Crippen molar-refractivity contribution in [3.8, 4) is 5.75 Å². The predicted molar refractivity (Wildman–Crippen MR) is 66.4 cm³/mol. The van der Waals surface area contributed by atoms with Gasteiger partial charge in [0.1, 0.15) is 23.1 Å². The van der Waals surface area contributed by atoms with Gasteiger partial charge in [-0.2, -0.15) is 0 Å². The molecule has 2 N–H and O–H groups in total. The molecule has 0 spiro atoms. The Labute approximate surface area is 112 Å². The molecule has 0 aromatic heterocycles. The Morgan fingerprint density at radius 1 is 0.950 bits per heavy atom. The van der Waals surface area contributed by atoms with Crippen LogP contribution in [0.1, 0.15) is 18.5 Å². The molecular formula is C14H11F4NO. The van der Waals surface area contributed by atoms with Gasteiger partial charge in [-0.15, -0.1) is 0 Å². The molecule has 0 saturated heterocycles. The summed E-state index contributed by atoms with van der Waals surface area (Å²) in [5, 5.41) is 12.1. The standard InChI is InChI=1S/C14H11F4NO/c1-7(10-3-2-8(15)6-13(10)20)19-14-11(17)4-9(16)5-12(14)18/h2-7,19-20H,1H3. The van der Waals surface area contributed by atoms with E-state index < -0.39 is 35.0 Å². The van der Waals surface area contributed by atoms with Crippen LogP contribution in [0.5, 0.6) is 5.75 Å². The van der Waals surface area contributed by atoms with Gasteiger partial charge in [-0.05, 0) is 13.0 Å². The van der Waals surface area contributed by atoms with Crippen LogP contribution in [-0.4, -0.2) is 5.11 Å². The number of phenolic OH excluding ortho intramolecular Hbond substituents is 1. The molecule has 1 atom stereocenters. The third-order valence-corrected chi connectivity index (χ3v) is 2.83. The highest BCUT2D eigenvalue weighted by atomic mass is 19.1. The number of phenols is 1. The van der Waals surface area contributed by atoms with Crippen LogP contribution in [0.15, 0.2) is 30.3 Å². The molecule has 0 fully saturated rings. The summed E-state index contributed by atoms with van der Waals surface area (Å²) in [4.78, 5) is 0. The Morgan fingerprint density at radius 3 is 2.10 bits per heavy atom. The second kappa shape index (κ2) is 5.40. The Morgan fingerprint density at radius 2 is 1.55 bits per heavy atom. The Bertz CT molecular complexity index is 622. The third kappa shape index (κ3) is 2.84. The van der Waals surface area contributed by atoms with Crippen LogP contribution in [-0.2, 0) is 0 Å². The van der Waals surface area contributed by atoms with Gasteiger partial charge in [0.25, 0.3) is 0 Å².